The third-order valence-electron chi connectivity index (χ3n) is 3.85. The van der Waals surface area contributed by atoms with Gasteiger partial charge in [0.1, 0.15) is 6.61 Å². The molecule has 0 fully saturated rings. The molecule has 0 aliphatic carbocycles. The van der Waals surface area contributed by atoms with Gasteiger partial charge in [0.15, 0.2) is 0 Å². The van der Waals surface area contributed by atoms with Gasteiger partial charge < -0.3 is 24.6 Å². The largest absolute Gasteiger partial charge is 0.383 e. The Bertz CT molecular complexity index is 602. The summed E-state index contributed by atoms with van der Waals surface area (Å²) in [6.45, 7) is 5.20. The predicted octanol–water partition coefficient (Wildman–Crippen LogP) is 1.97. The summed E-state index contributed by atoms with van der Waals surface area (Å²) in [5.74, 6) is -0.245. The molecule has 0 bridgehead atoms. The number of carbonyl (C=O) groups is 2. The number of hydrogen-bond acceptors (Lipinski definition) is 5. The second-order valence-corrected chi connectivity index (χ2v) is 6.63. The SMILES string of the molecule is COCCN(Cc1cc(NC(=O)COC)ccc1N(C)C)C(=O)C(C)C. The van der Waals surface area contributed by atoms with Crippen LogP contribution in [0.25, 0.3) is 0 Å². The average Bonchev–Trinajstić information content (AvgIpc) is 2.57. The van der Waals surface area contributed by atoms with Crippen molar-refractivity contribution in [3.05, 3.63) is 23.8 Å². The summed E-state index contributed by atoms with van der Waals surface area (Å²) in [6, 6.07) is 5.68. The Hall–Kier alpha value is -2.12. The van der Waals surface area contributed by atoms with Crippen LogP contribution in [-0.2, 0) is 25.6 Å². The van der Waals surface area contributed by atoms with E-state index in [1.165, 1.54) is 7.11 Å². The lowest BCUT2D eigenvalue weighted by Crippen LogP contribution is -2.36. The van der Waals surface area contributed by atoms with Gasteiger partial charge in [0.05, 0.1) is 6.61 Å². The number of carbonyl (C=O) groups excluding carboxylic acids is 2. The molecule has 0 spiro atoms. The molecule has 0 saturated carbocycles. The molecule has 0 unspecified atom stereocenters. The number of nitrogens with one attached hydrogen (secondary N) is 1. The van der Waals surface area contributed by atoms with Crippen molar-refractivity contribution in [1.82, 2.24) is 4.90 Å². The molecule has 7 nitrogen and oxygen atoms in total. The van der Waals surface area contributed by atoms with Crippen LogP contribution in [0.4, 0.5) is 11.4 Å². The predicted molar refractivity (Wildman–Crippen MR) is 103 cm³/mol. The first-order valence-corrected chi connectivity index (χ1v) is 8.66. The van der Waals surface area contributed by atoms with Crippen molar-refractivity contribution in [2.75, 3.05) is 58.3 Å². The molecule has 7 heteroatoms. The fraction of sp³-hybridized carbons (Fsp3) is 0.579. The van der Waals surface area contributed by atoms with Gasteiger partial charge in [-0.3, -0.25) is 9.59 Å². The average molecular weight is 365 g/mol. The van der Waals surface area contributed by atoms with E-state index in [1.54, 1.807) is 12.0 Å². The molecule has 0 atom stereocenters. The second-order valence-electron chi connectivity index (χ2n) is 6.63. The van der Waals surface area contributed by atoms with E-state index in [0.29, 0.717) is 25.4 Å². The van der Waals surface area contributed by atoms with E-state index in [1.807, 2.05) is 51.0 Å². The van der Waals surface area contributed by atoms with Crippen LogP contribution < -0.4 is 10.2 Å². The Morgan fingerprint density at radius 2 is 1.85 bits per heavy atom. The Labute approximate surface area is 156 Å². The standard InChI is InChI=1S/C19H31N3O4/c1-14(2)19(24)22(9-10-25-5)12-15-11-16(20-18(23)13-26-6)7-8-17(15)21(3)4/h7-8,11,14H,9-10,12-13H2,1-6H3,(H,20,23). The number of amides is 2. The minimum atomic E-state index is -0.217. The lowest BCUT2D eigenvalue weighted by Gasteiger charge is -2.27. The maximum absolute atomic E-state index is 12.6. The number of ether oxygens (including phenoxy) is 2. The lowest BCUT2D eigenvalue weighted by molar-refractivity contribution is -0.135. The van der Waals surface area contributed by atoms with E-state index >= 15 is 0 Å². The van der Waals surface area contributed by atoms with Gasteiger partial charge in [-0.05, 0) is 23.8 Å². The molecule has 2 amide bonds. The number of nitrogens with zero attached hydrogens (tertiary/aromatic N) is 2. The Morgan fingerprint density at radius 1 is 1.15 bits per heavy atom. The Balaban J connectivity index is 3.11. The fourth-order valence-corrected chi connectivity index (χ4v) is 2.59. The summed E-state index contributed by atoms with van der Waals surface area (Å²) in [4.78, 5) is 28.1. The van der Waals surface area contributed by atoms with Crippen LogP contribution in [0.2, 0.25) is 0 Å². The highest BCUT2D eigenvalue weighted by atomic mass is 16.5. The quantitative estimate of drug-likeness (QED) is 0.686. The van der Waals surface area contributed by atoms with Crippen LogP contribution in [0.1, 0.15) is 19.4 Å². The molecule has 1 N–H and O–H groups in total. The van der Waals surface area contributed by atoms with Gasteiger partial charge in [-0.15, -0.1) is 0 Å². The minimum Gasteiger partial charge on any atom is -0.383 e. The summed E-state index contributed by atoms with van der Waals surface area (Å²) < 4.78 is 9.99. The zero-order valence-corrected chi connectivity index (χ0v) is 16.7. The highest BCUT2D eigenvalue weighted by molar-refractivity contribution is 5.92. The van der Waals surface area contributed by atoms with E-state index in [2.05, 4.69) is 5.32 Å². The van der Waals surface area contributed by atoms with Crippen LogP contribution >= 0.6 is 0 Å². The van der Waals surface area contributed by atoms with Crippen molar-refractivity contribution < 1.29 is 19.1 Å². The minimum absolute atomic E-state index is 0.00341. The van der Waals surface area contributed by atoms with E-state index in [0.717, 1.165) is 11.3 Å². The van der Waals surface area contributed by atoms with Gasteiger partial charge in [0, 0.05) is 58.7 Å². The molecule has 0 saturated heterocycles. The summed E-state index contributed by atoms with van der Waals surface area (Å²) >= 11 is 0. The topological polar surface area (TPSA) is 71.1 Å². The number of hydrogen-bond donors (Lipinski definition) is 1. The molecular weight excluding hydrogens is 334 g/mol. The molecule has 0 radical (unpaired) electrons. The van der Waals surface area contributed by atoms with Crippen molar-refractivity contribution in [2.24, 2.45) is 5.92 Å². The Kier molecular flexibility index (Phi) is 9.09. The van der Waals surface area contributed by atoms with E-state index in [9.17, 15) is 9.59 Å². The number of methoxy groups -OCH3 is 2. The molecule has 1 rings (SSSR count). The normalized spacial score (nSPS) is 10.7. The van der Waals surface area contributed by atoms with E-state index < -0.39 is 0 Å². The highest BCUT2D eigenvalue weighted by Gasteiger charge is 2.19. The summed E-state index contributed by atoms with van der Waals surface area (Å²) in [5, 5.41) is 2.81. The third kappa shape index (κ3) is 6.65. The smallest absolute Gasteiger partial charge is 0.250 e. The van der Waals surface area contributed by atoms with Crippen LogP contribution in [0.5, 0.6) is 0 Å². The maximum atomic E-state index is 12.6. The molecule has 1 aromatic rings. The highest BCUT2D eigenvalue weighted by Crippen LogP contribution is 2.25. The molecule has 26 heavy (non-hydrogen) atoms. The first-order chi connectivity index (χ1) is 12.3. The zero-order chi connectivity index (χ0) is 19.7. The van der Waals surface area contributed by atoms with E-state index in [4.69, 9.17) is 9.47 Å². The zero-order valence-electron chi connectivity index (χ0n) is 16.7. The molecule has 0 aliphatic heterocycles. The van der Waals surface area contributed by atoms with Crippen molar-refractivity contribution in [1.29, 1.82) is 0 Å². The van der Waals surface area contributed by atoms with E-state index in [-0.39, 0.29) is 24.3 Å². The van der Waals surface area contributed by atoms with Crippen molar-refractivity contribution in [3.8, 4) is 0 Å². The van der Waals surface area contributed by atoms with Gasteiger partial charge in [-0.2, -0.15) is 0 Å². The molecule has 146 valence electrons. The van der Waals surface area contributed by atoms with Gasteiger partial charge in [-0.1, -0.05) is 13.8 Å². The van der Waals surface area contributed by atoms with Crippen molar-refractivity contribution in [3.63, 3.8) is 0 Å². The molecule has 0 aromatic heterocycles. The van der Waals surface area contributed by atoms with Crippen molar-refractivity contribution >= 4 is 23.2 Å². The fourth-order valence-electron chi connectivity index (χ4n) is 2.59. The van der Waals surface area contributed by atoms with Crippen molar-refractivity contribution in [2.45, 2.75) is 20.4 Å². The molecule has 1 aromatic carbocycles. The number of benzene rings is 1. The lowest BCUT2D eigenvalue weighted by atomic mass is 10.1. The third-order valence-corrected chi connectivity index (χ3v) is 3.85. The van der Waals surface area contributed by atoms with Crippen LogP contribution in [0.15, 0.2) is 18.2 Å². The van der Waals surface area contributed by atoms with Gasteiger partial charge in [0.2, 0.25) is 11.8 Å². The van der Waals surface area contributed by atoms with Gasteiger partial charge >= 0.3 is 0 Å². The second kappa shape index (κ2) is 10.8. The summed E-state index contributed by atoms with van der Waals surface area (Å²) in [5.41, 5.74) is 2.63. The van der Waals surface area contributed by atoms with Gasteiger partial charge in [0.25, 0.3) is 0 Å². The van der Waals surface area contributed by atoms with Crippen LogP contribution in [-0.4, -0.2) is 64.8 Å². The van der Waals surface area contributed by atoms with Crippen LogP contribution in [0, 0.1) is 5.92 Å². The maximum Gasteiger partial charge on any atom is 0.250 e. The molecule has 0 aliphatic rings. The monoisotopic (exact) mass is 365 g/mol. The first kappa shape index (κ1) is 21.9. The summed E-state index contributed by atoms with van der Waals surface area (Å²) in [6.07, 6.45) is 0. The van der Waals surface area contributed by atoms with Crippen LogP contribution in [0.3, 0.4) is 0 Å². The summed E-state index contributed by atoms with van der Waals surface area (Å²) in [7, 11) is 7.00. The number of rotatable bonds is 10. The molecule has 0 heterocycles. The molecular formula is C19H31N3O4. The Morgan fingerprint density at radius 3 is 2.38 bits per heavy atom. The van der Waals surface area contributed by atoms with Gasteiger partial charge in [-0.25, -0.2) is 0 Å². The number of anilines is 2. The first-order valence-electron chi connectivity index (χ1n) is 8.66.